The molecule has 6 heteroatoms. The highest BCUT2D eigenvalue weighted by atomic mass is 32.2. The highest BCUT2D eigenvalue weighted by molar-refractivity contribution is 7.90. The normalized spacial score (nSPS) is 11.2. The van der Waals surface area contributed by atoms with Gasteiger partial charge in [0.05, 0.1) is 4.90 Å². The molecular weight excluding hydrogens is 254 g/mol. The Morgan fingerprint density at radius 3 is 2.28 bits per heavy atom. The van der Waals surface area contributed by atoms with Gasteiger partial charge in [0.25, 0.3) is 0 Å². The molecule has 0 saturated heterocycles. The van der Waals surface area contributed by atoms with E-state index >= 15 is 0 Å². The van der Waals surface area contributed by atoms with Gasteiger partial charge in [0, 0.05) is 32.0 Å². The summed E-state index contributed by atoms with van der Waals surface area (Å²) in [5.41, 5.74) is 0.868. The molecule has 0 unspecified atom stereocenters. The van der Waals surface area contributed by atoms with Crippen LogP contribution in [0, 0.1) is 0 Å². The number of hydrogen-bond donors (Lipinski definition) is 1. The Hall–Kier alpha value is -1.56. The van der Waals surface area contributed by atoms with Crippen molar-refractivity contribution < 1.29 is 18.3 Å². The fraction of sp³-hybridized carbons (Fsp3) is 0.417. The molecule has 0 atom stereocenters. The van der Waals surface area contributed by atoms with Crippen LogP contribution in [0.2, 0.25) is 0 Å². The van der Waals surface area contributed by atoms with E-state index in [-0.39, 0.29) is 11.3 Å². The molecular formula is C12H17NO4S. The maximum atomic E-state index is 11.3. The van der Waals surface area contributed by atoms with Crippen molar-refractivity contribution in [1.29, 1.82) is 0 Å². The summed E-state index contributed by atoms with van der Waals surface area (Å²) in [5.74, 6) is -0.809. The van der Waals surface area contributed by atoms with Crippen molar-refractivity contribution in [2.45, 2.75) is 17.7 Å². The number of carbonyl (C=O) groups is 1. The lowest BCUT2D eigenvalue weighted by Crippen LogP contribution is -2.19. The lowest BCUT2D eigenvalue weighted by molar-refractivity contribution is -0.137. The fourth-order valence-corrected chi connectivity index (χ4v) is 2.17. The molecule has 0 saturated carbocycles. The van der Waals surface area contributed by atoms with Gasteiger partial charge in [-0.05, 0) is 30.7 Å². The molecule has 1 rings (SSSR count). The largest absolute Gasteiger partial charge is 0.481 e. The van der Waals surface area contributed by atoms with Gasteiger partial charge < -0.3 is 10.0 Å². The van der Waals surface area contributed by atoms with Crippen molar-refractivity contribution in [3.8, 4) is 0 Å². The second kappa shape index (κ2) is 5.86. The minimum atomic E-state index is -3.17. The predicted octanol–water partition coefficient (Wildman–Crippen LogP) is 1.39. The number of rotatable bonds is 6. The van der Waals surface area contributed by atoms with E-state index in [1.54, 1.807) is 24.3 Å². The van der Waals surface area contributed by atoms with Crippen molar-refractivity contribution in [3.05, 3.63) is 24.3 Å². The maximum Gasteiger partial charge on any atom is 0.303 e. The van der Waals surface area contributed by atoms with Crippen molar-refractivity contribution in [2.24, 2.45) is 0 Å². The van der Waals surface area contributed by atoms with E-state index in [9.17, 15) is 13.2 Å². The number of carboxylic acids is 1. The summed E-state index contributed by atoms with van der Waals surface area (Å²) in [4.78, 5) is 12.6. The molecule has 0 aromatic heterocycles. The molecule has 0 heterocycles. The third kappa shape index (κ3) is 4.37. The van der Waals surface area contributed by atoms with Crippen LogP contribution < -0.4 is 4.90 Å². The van der Waals surface area contributed by atoms with Crippen LogP contribution in [0.3, 0.4) is 0 Å². The Morgan fingerprint density at radius 1 is 1.28 bits per heavy atom. The van der Waals surface area contributed by atoms with Gasteiger partial charge in [-0.1, -0.05) is 0 Å². The average molecular weight is 271 g/mol. The summed E-state index contributed by atoms with van der Waals surface area (Å²) >= 11 is 0. The number of sulfone groups is 1. The van der Waals surface area contributed by atoms with Crippen LogP contribution in [0.1, 0.15) is 12.8 Å². The monoisotopic (exact) mass is 271 g/mol. The zero-order valence-corrected chi connectivity index (χ0v) is 11.3. The molecule has 100 valence electrons. The van der Waals surface area contributed by atoms with Gasteiger partial charge >= 0.3 is 5.97 Å². The van der Waals surface area contributed by atoms with Gasteiger partial charge in [-0.25, -0.2) is 8.42 Å². The minimum absolute atomic E-state index is 0.131. The third-order valence-electron chi connectivity index (χ3n) is 2.59. The maximum absolute atomic E-state index is 11.3. The van der Waals surface area contributed by atoms with Crippen LogP contribution in [0.15, 0.2) is 29.2 Å². The first-order chi connectivity index (χ1) is 8.30. The van der Waals surface area contributed by atoms with Crippen LogP contribution in [0.25, 0.3) is 0 Å². The Kier molecular flexibility index (Phi) is 4.72. The third-order valence-corrected chi connectivity index (χ3v) is 3.72. The highest BCUT2D eigenvalue weighted by Gasteiger charge is 2.08. The smallest absolute Gasteiger partial charge is 0.303 e. The Bertz CT molecular complexity index is 507. The Labute approximate surface area is 107 Å². The van der Waals surface area contributed by atoms with E-state index < -0.39 is 15.8 Å². The van der Waals surface area contributed by atoms with Gasteiger partial charge in [0.15, 0.2) is 9.84 Å². The van der Waals surface area contributed by atoms with E-state index in [4.69, 9.17) is 5.11 Å². The number of anilines is 1. The SMILES string of the molecule is CN(CCCC(=O)O)c1ccc(S(C)(=O)=O)cc1. The second-order valence-corrected chi connectivity index (χ2v) is 6.20. The van der Waals surface area contributed by atoms with Crippen LogP contribution in [-0.2, 0) is 14.6 Å². The number of benzene rings is 1. The highest BCUT2D eigenvalue weighted by Crippen LogP contribution is 2.17. The van der Waals surface area contributed by atoms with E-state index in [2.05, 4.69) is 0 Å². The average Bonchev–Trinajstić information content (AvgIpc) is 2.27. The minimum Gasteiger partial charge on any atom is -0.481 e. The molecule has 1 aromatic rings. The number of nitrogens with zero attached hydrogens (tertiary/aromatic N) is 1. The summed E-state index contributed by atoms with van der Waals surface area (Å²) in [7, 11) is -1.33. The molecule has 0 bridgehead atoms. The van der Waals surface area contributed by atoms with Gasteiger partial charge in [0.1, 0.15) is 0 Å². The summed E-state index contributed by atoms with van der Waals surface area (Å²) < 4.78 is 22.6. The fourth-order valence-electron chi connectivity index (χ4n) is 1.54. The molecule has 1 N–H and O–H groups in total. The van der Waals surface area contributed by atoms with Crippen LogP contribution in [0.4, 0.5) is 5.69 Å². The lowest BCUT2D eigenvalue weighted by Gasteiger charge is -2.18. The molecule has 0 amide bonds. The Morgan fingerprint density at radius 2 is 1.83 bits per heavy atom. The van der Waals surface area contributed by atoms with Crippen molar-refractivity contribution in [1.82, 2.24) is 0 Å². The summed E-state index contributed by atoms with van der Waals surface area (Å²) in [6.07, 6.45) is 1.85. The summed E-state index contributed by atoms with van der Waals surface area (Å²) in [6.45, 7) is 0.616. The van der Waals surface area contributed by atoms with E-state index in [1.165, 1.54) is 6.26 Å². The number of aliphatic carboxylic acids is 1. The molecule has 0 spiro atoms. The summed E-state index contributed by atoms with van der Waals surface area (Å²) in [5, 5.41) is 8.54. The predicted molar refractivity (Wildman–Crippen MR) is 69.7 cm³/mol. The molecule has 5 nitrogen and oxygen atoms in total. The van der Waals surface area contributed by atoms with Crippen molar-refractivity contribution in [2.75, 3.05) is 24.7 Å². The van der Waals surface area contributed by atoms with Crippen molar-refractivity contribution in [3.63, 3.8) is 0 Å². The van der Waals surface area contributed by atoms with Gasteiger partial charge in [0.2, 0.25) is 0 Å². The zero-order chi connectivity index (χ0) is 13.8. The lowest BCUT2D eigenvalue weighted by atomic mass is 10.2. The van der Waals surface area contributed by atoms with Gasteiger partial charge in [-0.3, -0.25) is 4.79 Å². The molecule has 1 aromatic carbocycles. The van der Waals surface area contributed by atoms with Crippen LogP contribution in [-0.4, -0.2) is 39.3 Å². The van der Waals surface area contributed by atoms with E-state index in [1.807, 2.05) is 11.9 Å². The first-order valence-corrected chi connectivity index (χ1v) is 7.43. The first kappa shape index (κ1) is 14.5. The quantitative estimate of drug-likeness (QED) is 0.846. The molecule has 18 heavy (non-hydrogen) atoms. The number of hydrogen-bond acceptors (Lipinski definition) is 4. The molecule has 0 aliphatic heterocycles. The van der Waals surface area contributed by atoms with Gasteiger partial charge in [-0.15, -0.1) is 0 Å². The standard InChI is InChI=1S/C12H17NO4S/c1-13(9-3-4-12(14)15)10-5-7-11(8-6-10)18(2,16)17/h5-8H,3-4,9H2,1-2H3,(H,14,15). The Balaban J connectivity index is 2.65. The molecule has 0 radical (unpaired) electrons. The zero-order valence-electron chi connectivity index (χ0n) is 10.5. The van der Waals surface area contributed by atoms with Crippen LogP contribution in [0.5, 0.6) is 0 Å². The number of carboxylic acid groups (broad SMARTS) is 1. The summed E-state index contributed by atoms with van der Waals surface area (Å²) in [6, 6.07) is 6.55. The first-order valence-electron chi connectivity index (χ1n) is 5.54. The molecule has 0 aliphatic carbocycles. The van der Waals surface area contributed by atoms with Crippen LogP contribution >= 0.6 is 0 Å². The van der Waals surface area contributed by atoms with E-state index in [0.29, 0.717) is 13.0 Å². The molecule has 0 fully saturated rings. The van der Waals surface area contributed by atoms with Crippen molar-refractivity contribution >= 4 is 21.5 Å². The second-order valence-electron chi connectivity index (χ2n) is 4.18. The molecule has 0 aliphatic rings. The van der Waals surface area contributed by atoms with E-state index in [0.717, 1.165) is 5.69 Å². The van der Waals surface area contributed by atoms with Gasteiger partial charge in [-0.2, -0.15) is 0 Å². The topological polar surface area (TPSA) is 74.7 Å².